The van der Waals surface area contributed by atoms with Crippen molar-refractivity contribution in [3.05, 3.63) is 11.6 Å². The number of rotatable bonds is 11. The Morgan fingerprint density at radius 2 is 1.90 bits per heavy atom. The molecule has 0 aromatic heterocycles. The van der Waals surface area contributed by atoms with Crippen molar-refractivity contribution < 1.29 is 19.8 Å². The van der Waals surface area contributed by atoms with E-state index in [1.807, 2.05) is 0 Å². The number of aliphatic hydroxyl groups excluding tert-OH is 2. The predicted octanol–water partition coefficient (Wildman–Crippen LogP) is 4.29. The van der Waals surface area contributed by atoms with Crippen molar-refractivity contribution in [2.24, 2.45) is 23.7 Å². The van der Waals surface area contributed by atoms with Crippen molar-refractivity contribution >= 4 is 5.91 Å². The summed E-state index contributed by atoms with van der Waals surface area (Å²) in [6.45, 7) is 4.77. The topological polar surface area (TPSA) is 85.3 Å². The molecule has 0 unspecified atom stereocenters. The fourth-order valence-electron chi connectivity index (χ4n) is 7.42. The summed E-state index contributed by atoms with van der Waals surface area (Å²) in [5, 5.41) is 25.4. The molecule has 3 fully saturated rings. The van der Waals surface area contributed by atoms with Crippen molar-refractivity contribution in [1.82, 2.24) is 15.3 Å². The van der Waals surface area contributed by atoms with Crippen LogP contribution in [0.3, 0.4) is 0 Å². The van der Waals surface area contributed by atoms with Crippen molar-refractivity contribution in [2.45, 2.75) is 115 Å². The van der Waals surface area contributed by atoms with Crippen LogP contribution in [-0.4, -0.2) is 84.2 Å². The molecule has 40 heavy (non-hydrogen) atoms. The molecule has 7 nitrogen and oxygen atoms in total. The molecule has 4 atom stereocenters. The molecule has 7 heteroatoms. The lowest BCUT2D eigenvalue weighted by molar-refractivity contribution is -0.183. The maximum Gasteiger partial charge on any atom is 0.240 e. The van der Waals surface area contributed by atoms with E-state index >= 15 is 0 Å². The van der Waals surface area contributed by atoms with E-state index in [1.165, 1.54) is 57.1 Å². The molecule has 226 valence electrons. The van der Waals surface area contributed by atoms with Gasteiger partial charge in [-0.2, -0.15) is 5.06 Å². The lowest BCUT2D eigenvalue weighted by Gasteiger charge is -2.32. The normalized spacial score (nSPS) is 30.9. The predicted molar refractivity (Wildman–Crippen MR) is 159 cm³/mol. The van der Waals surface area contributed by atoms with Gasteiger partial charge in [-0.15, -0.1) is 0 Å². The van der Waals surface area contributed by atoms with Crippen LogP contribution in [0.2, 0.25) is 0 Å². The molecule has 2 saturated carbocycles. The van der Waals surface area contributed by atoms with E-state index in [4.69, 9.17) is 4.84 Å². The number of nitrogens with one attached hydrogen (secondary N) is 1. The Kier molecular flexibility index (Phi) is 12.8. The third kappa shape index (κ3) is 9.29. The molecule has 1 amide bonds. The van der Waals surface area contributed by atoms with Crippen LogP contribution in [0.15, 0.2) is 11.6 Å². The van der Waals surface area contributed by atoms with E-state index in [2.05, 4.69) is 35.2 Å². The number of aliphatic hydroxyl groups is 2. The first kappa shape index (κ1) is 31.5. The summed E-state index contributed by atoms with van der Waals surface area (Å²) in [5.41, 5.74) is 1.43. The van der Waals surface area contributed by atoms with Crippen LogP contribution in [-0.2, 0) is 9.63 Å². The Hall–Kier alpha value is -1.43. The van der Waals surface area contributed by atoms with Gasteiger partial charge in [0.25, 0.3) is 0 Å². The summed E-state index contributed by atoms with van der Waals surface area (Å²) in [4.78, 5) is 21.9. The second-order valence-electron chi connectivity index (χ2n) is 13.1. The minimum Gasteiger partial charge on any atom is -0.394 e. The van der Waals surface area contributed by atoms with E-state index in [0.29, 0.717) is 24.9 Å². The average molecular weight is 558 g/mol. The molecular formula is C33H55N3O4. The number of hydroxylamine groups is 2. The van der Waals surface area contributed by atoms with Crippen molar-refractivity contribution in [3.63, 3.8) is 0 Å². The van der Waals surface area contributed by atoms with Crippen LogP contribution >= 0.6 is 0 Å². The lowest BCUT2D eigenvalue weighted by Crippen LogP contribution is -2.50. The highest BCUT2D eigenvalue weighted by Crippen LogP contribution is 2.35. The Morgan fingerprint density at radius 1 is 1.12 bits per heavy atom. The molecule has 0 radical (unpaired) electrons. The Labute approximate surface area is 243 Å². The summed E-state index contributed by atoms with van der Waals surface area (Å²) < 4.78 is 0. The van der Waals surface area contributed by atoms with Crippen LogP contribution in [0.5, 0.6) is 0 Å². The molecule has 1 saturated heterocycles. The number of amides is 1. The van der Waals surface area contributed by atoms with E-state index in [1.54, 1.807) is 12.0 Å². The van der Waals surface area contributed by atoms with Gasteiger partial charge in [-0.1, -0.05) is 42.8 Å². The average Bonchev–Trinajstić information content (AvgIpc) is 3.33. The number of allylic oxidation sites excluding steroid dienone is 1. The maximum absolute atomic E-state index is 13.4. The standard InChI is InChI=1S/C33H55N3O4/c1-25(38)31-30(24-37)40-36(32(31)33(39)34-20-19-26-10-5-3-6-11-26)23-29-17-15-27(16-18-29)14-9-21-35(2)22-28-12-7-4-8-13-28/h10,25,27-32,37-38H,3-8,11-13,15-24H2,1-2H3,(H,34,39)/t25-,27?,29?,30-,31+,32-/m0/s1. The first-order valence-electron chi connectivity index (χ1n) is 16.3. The second-order valence-corrected chi connectivity index (χ2v) is 13.1. The highest BCUT2D eigenvalue weighted by molar-refractivity contribution is 5.82. The van der Waals surface area contributed by atoms with Gasteiger partial charge in [-0.05, 0) is 96.4 Å². The van der Waals surface area contributed by atoms with E-state index < -0.39 is 24.2 Å². The number of hydrogen-bond donors (Lipinski definition) is 3. The third-order valence-corrected chi connectivity index (χ3v) is 9.75. The fourth-order valence-corrected chi connectivity index (χ4v) is 7.42. The summed E-state index contributed by atoms with van der Waals surface area (Å²) in [5.74, 6) is 8.17. The van der Waals surface area contributed by atoms with Crippen molar-refractivity contribution in [2.75, 3.05) is 39.8 Å². The first-order valence-corrected chi connectivity index (χ1v) is 16.3. The molecule has 0 bridgehead atoms. The Morgan fingerprint density at radius 3 is 2.58 bits per heavy atom. The van der Waals surface area contributed by atoms with Crippen LogP contribution in [0.1, 0.15) is 96.8 Å². The molecule has 1 aliphatic heterocycles. The van der Waals surface area contributed by atoms with Gasteiger partial charge in [0.15, 0.2) is 0 Å². The van der Waals surface area contributed by atoms with Gasteiger partial charge in [0.2, 0.25) is 5.91 Å². The highest BCUT2D eigenvalue weighted by Gasteiger charge is 2.49. The zero-order chi connectivity index (χ0) is 28.3. The summed E-state index contributed by atoms with van der Waals surface area (Å²) in [7, 11) is 2.20. The molecule has 0 aromatic carbocycles. The first-order chi connectivity index (χ1) is 19.4. The largest absolute Gasteiger partial charge is 0.394 e. The molecular weight excluding hydrogens is 502 g/mol. The minimum absolute atomic E-state index is 0.102. The zero-order valence-corrected chi connectivity index (χ0v) is 25.2. The maximum atomic E-state index is 13.4. The minimum atomic E-state index is -0.749. The number of carbonyl (C=O) groups excluding carboxylic acids is 1. The Balaban J connectivity index is 1.25. The quantitative estimate of drug-likeness (QED) is 0.260. The van der Waals surface area contributed by atoms with Gasteiger partial charge < -0.3 is 15.5 Å². The van der Waals surface area contributed by atoms with Gasteiger partial charge >= 0.3 is 0 Å². The lowest BCUT2D eigenvalue weighted by atomic mass is 9.81. The zero-order valence-electron chi connectivity index (χ0n) is 25.2. The van der Waals surface area contributed by atoms with Gasteiger partial charge in [0, 0.05) is 31.5 Å². The summed E-state index contributed by atoms with van der Waals surface area (Å²) >= 11 is 0. The fraction of sp³-hybridized carbons (Fsp3) is 0.848. The van der Waals surface area contributed by atoms with Gasteiger partial charge in [0.05, 0.1) is 19.3 Å². The van der Waals surface area contributed by atoms with Gasteiger partial charge in [-0.3, -0.25) is 14.5 Å². The van der Waals surface area contributed by atoms with E-state index in [0.717, 1.165) is 57.4 Å². The van der Waals surface area contributed by atoms with Crippen molar-refractivity contribution in [3.8, 4) is 11.8 Å². The molecule has 0 spiro atoms. The molecule has 3 aliphatic carbocycles. The van der Waals surface area contributed by atoms with Crippen LogP contribution in [0, 0.1) is 35.5 Å². The monoisotopic (exact) mass is 557 g/mol. The van der Waals surface area contributed by atoms with E-state index in [9.17, 15) is 15.0 Å². The number of carbonyl (C=O) groups is 1. The van der Waals surface area contributed by atoms with Crippen LogP contribution < -0.4 is 5.32 Å². The van der Waals surface area contributed by atoms with Crippen LogP contribution in [0.4, 0.5) is 0 Å². The third-order valence-electron chi connectivity index (χ3n) is 9.75. The second kappa shape index (κ2) is 16.3. The summed E-state index contributed by atoms with van der Waals surface area (Å²) in [6, 6.07) is -0.588. The molecule has 0 aromatic rings. The summed E-state index contributed by atoms with van der Waals surface area (Å²) in [6.07, 6.45) is 17.8. The van der Waals surface area contributed by atoms with Gasteiger partial charge in [0.1, 0.15) is 12.1 Å². The molecule has 4 rings (SSSR count). The number of hydrogen-bond acceptors (Lipinski definition) is 6. The van der Waals surface area contributed by atoms with Crippen LogP contribution in [0.25, 0.3) is 0 Å². The molecule has 1 heterocycles. The number of nitrogens with zero attached hydrogens (tertiary/aromatic N) is 2. The molecule has 4 aliphatic rings. The Bertz CT molecular complexity index is 867. The smallest absolute Gasteiger partial charge is 0.240 e. The highest BCUT2D eigenvalue weighted by atomic mass is 16.7. The SMILES string of the molecule is C[C@H](O)[C@@H]1[C@H](CO)ON(CC2CCC(C#CCN(C)CC3CCCCC3)CC2)[C@@H]1C(=O)NCCC1=CCCCC1. The van der Waals surface area contributed by atoms with E-state index in [-0.39, 0.29) is 12.5 Å². The van der Waals surface area contributed by atoms with Gasteiger partial charge in [-0.25, -0.2) is 0 Å². The molecule has 3 N–H and O–H groups in total. The van der Waals surface area contributed by atoms with Crippen molar-refractivity contribution in [1.29, 1.82) is 0 Å².